The molecule has 0 atom stereocenters. The molecule has 0 radical (unpaired) electrons. The predicted octanol–water partition coefficient (Wildman–Crippen LogP) is 3.21. The van der Waals surface area contributed by atoms with Crippen molar-refractivity contribution in [3.05, 3.63) is 53.3 Å². The van der Waals surface area contributed by atoms with Gasteiger partial charge >= 0.3 is 12.1 Å². The largest absolute Gasteiger partial charge is 0.434 e. The Labute approximate surface area is 151 Å². The number of rotatable bonds is 3. The Kier molecular flexibility index (Phi) is 4.57. The number of hydrogen-bond donors (Lipinski definition) is 0. The van der Waals surface area contributed by atoms with Gasteiger partial charge in [-0.2, -0.15) is 18.3 Å². The summed E-state index contributed by atoms with van der Waals surface area (Å²) in [4.78, 5) is 15.4. The van der Waals surface area contributed by atoms with Gasteiger partial charge in [-0.15, -0.1) is 15.9 Å². The molecular weight excluding hydrogens is 365 g/mol. The van der Waals surface area contributed by atoms with Crippen LogP contribution in [-0.2, 0) is 13.2 Å². The van der Waals surface area contributed by atoms with E-state index >= 15 is 0 Å². The first-order chi connectivity index (χ1) is 12.2. The van der Waals surface area contributed by atoms with Crippen LogP contribution in [0.5, 0.6) is 0 Å². The molecule has 3 aromatic heterocycles. The monoisotopic (exact) mass is 381 g/mol. The van der Waals surface area contributed by atoms with E-state index in [1.54, 1.807) is 36.7 Å². The van der Waals surface area contributed by atoms with Gasteiger partial charge in [0.15, 0.2) is 12.4 Å². The van der Waals surface area contributed by atoms with Crippen molar-refractivity contribution in [2.45, 2.75) is 6.18 Å². The molecule has 3 rings (SSSR count). The normalized spacial score (nSPS) is 11.6. The third-order valence-corrected chi connectivity index (χ3v) is 4.90. The summed E-state index contributed by atoms with van der Waals surface area (Å²) in [5.41, 5.74) is 0.313. The van der Waals surface area contributed by atoms with Crippen LogP contribution in [0.15, 0.2) is 42.7 Å². The Balaban J connectivity index is 1.87. The number of anilines is 1. The first kappa shape index (κ1) is 18.1. The second-order valence-electron chi connectivity index (χ2n) is 5.86. The summed E-state index contributed by atoms with van der Waals surface area (Å²) in [6, 6.07) is 7.80. The van der Waals surface area contributed by atoms with E-state index < -0.39 is 11.9 Å². The molecule has 0 aromatic carbocycles. The summed E-state index contributed by atoms with van der Waals surface area (Å²) in [6.45, 7) is 0. The summed E-state index contributed by atoms with van der Waals surface area (Å²) in [6.07, 6.45) is -1.17. The van der Waals surface area contributed by atoms with Crippen molar-refractivity contribution in [2.24, 2.45) is 7.05 Å². The highest BCUT2D eigenvalue weighted by Gasteiger charge is 2.35. The number of aromatic nitrogens is 3. The summed E-state index contributed by atoms with van der Waals surface area (Å²) in [5.74, 6) is -0.251. The van der Waals surface area contributed by atoms with Gasteiger partial charge in [0.05, 0.1) is 4.88 Å². The van der Waals surface area contributed by atoms with Crippen LogP contribution in [-0.4, -0.2) is 29.8 Å². The van der Waals surface area contributed by atoms with Gasteiger partial charge < -0.3 is 4.90 Å². The van der Waals surface area contributed by atoms with Crippen LogP contribution in [0.2, 0.25) is 0 Å². The number of pyridine rings is 1. The van der Waals surface area contributed by atoms with Crippen LogP contribution in [0.3, 0.4) is 0 Å². The lowest BCUT2D eigenvalue weighted by molar-refractivity contribution is -0.570. The van der Waals surface area contributed by atoms with Crippen LogP contribution < -0.4 is 9.47 Å². The molecule has 5 nitrogen and oxygen atoms in total. The fourth-order valence-corrected chi connectivity index (χ4v) is 3.33. The number of nitrogens with zero attached hydrogens (tertiary/aromatic N) is 4. The van der Waals surface area contributed by atoms with Gasteiger partial charge in [0.25, 0.3) is 0 Å². The van der Waals surface area contributed by atoms with E-state index in [1.807, 2.05) is 19.0 Å². The zero-order valence-corrected chi connectivity index (χ0v) is 15.1. The highest BCUT2D eigenvalue weighted by molar-refractivity contribution is 7.17. The lowest BCUT2D eigenvalue weighted by Gasteiger charge is -2.09. The molecule has 0 saturated carbocycles. The molecule has 136 valence electrons. The number of aryl methyl sites for hydroxylation is 1. The molecule has 0 N–H and O–H groups in total. The average Bonchev–Trinajstić information content (AvgIpc) is 3.20. The molecule has 9 heteroatoms. The number of carbonyl (C=O) groups excluding carboxylic acids is 1. The Morgan fingerprint density at radius 1 is 1.19 bits per heavy atom. The van der Waals surface area contributed by atoms with Gasteiger partial charge in [-0.1, -0.05) is 0 Å². The number of halogens is 3. The van der Waals surface area contributed by atoms with Crippen LogP contribution in [0, 0.1) is 0 Å². The molecule has 3 heterocycles. The van der Waals surface area contributed by atoms with E-state index in [0.29, 0.717) is 9.75 Å². The topological polar surface area (TPSA) is 42.0 Å². The van der Waals surface area contributed by atoms with Crippen LogP contribution in [0.4, 0.5) is 18.9 Å². The van der Waals surface area contributed by atoms with Crippen molar-refractivity contribution in [1.29, 1.82) is 0 Å². The minimum atomic E-state index is -4.47. The molecule has 26 heavy (non-hydrogen) atoms. The number of hydrogen-bond acceptors (Lipinski definition) is 4. The molecule has 0 aliphatic carbocycles. The van der Waals surface area contributed by atoms with Gasteiger partial charge in [0.1, 0.15) is 16.3 Å². The number of carbonyl (C=O) groups is 1. The molecule has 0 amide bonds. The molecule has 0 aliphatic heterocycles. The smallest absolute Gasteiger partial charge is 0.377 e. The van der Waals surface area contributed by atoms with Crippen molar-refractivity contribution in [3.63, 3.8) is 0 Å². The maximum absolute atomic E-state index is 12.9. The molecule has 3 aromatic rings. The number of thiophene rings is 1. The zero-order valence-electron chi connectivity index (χ0n) is 14.3. The predicted molar refractivity (Wildman–Crippen MR) is 92.2 cm³/mol. The molecular formula is C17H16F3N4OS+. The van der Waals surface area contributed by atoms with Gasteiger partial charge in [-0.05, 0) is 18.2 Å². The zero-order chi connectivity index (χ0) is 19.1. The molecule has 0 fully saturated rings. The summed E-state index contributed by atoms with van der Waals surface area (Å²) >= 11 is 1.11. The van der Waals surface area contributed by atoms with Gasteiger partial charge in [0.2, 0.25) is 0 Å². The van der Waals surface area contributed by atoms with Crippen LogP contribution in [0.25, 0.3) is 10.6 Å². The van der Waals surface area contributed by atoms with Crippen molar-refractivity contribution in [3.8, 4) is 10.6 Å². The fraction of sp³-hybridized carbons (Fsp3) is 0.235. The van der Waals surface area contributed by atoms with Crippen molar-refractivity contribution in [2.75, 3.05) is 19.0 Å². The molecule has 0 spiro atoms. The molecule has 0 saturated heterocycles. The third kappa shape index (κ3) is 3.48. The van der Waals surface area contributed by atoms with E-state index in [9.17, 15) is 18.0 Å². The fourth-order valence-electron chi connectivity index (χ4n) is 2.42. The first-order valence-electron chi connectivity index (χ1n) is 7.61. The Morgan fingerprint density at radius 2 is 1.85 bits per heavy atom. The molecule has 0 bridgehead atoms. The third-order valence-electron chi connectivity index (χ3n) is 3.80. The maximum atomic E-state index is 12.9. The van der Waals surface area contributed by atoms with E-state index in [0.717, 1.165) is 27.8 Å². The lowest BCUT2D eigenvalue weighted by Crippen LogP contribution is -2.41. The van der Waals surface area contributed by atoms with E-state index in [1.165, 1.54) is 11.6 Å². The Bertz CT molecular complexity index is 942. The van der Waals surface area contributed by atoms with Gasteiger partial charge in [-0.3, -0.25) is 4.68 Å². The first-order valence-corrected chi connectivity index (χ1v) is 8.43. The number of alkyl halides is 3. The summed E-state index contributed by atoms with van der Waals surface area (Å²) in [7, 11) is 5.04. The van der Waals surface area contributed by atoms with Gasteiger partial charge in [-0.25, -0.2) is 4.79 Å². The van der Waals surface area contributed by atoms with Gasteiger partial charge in [0, 0.05) is 39.0 Å². The molecule has 0 aliphatic rings. The highest BCUT2D eigenvalue weighted by atomic mass is 32.1. The molecule has 0 unspecified atom stereocenters. The highest BCUT2D eigenvalue weighted by Crippen LogP contribution is 2.34. The van der Waals surface area contributed by atoms with Crippen molar-refractivity contribution in [1.82, 2.24) is 9.78 Å². The lowest BCUT2D eigenvalue weighted by atomic mass is 10.3. The Morgan fingerprint density at radius 3 is 2.38 bits per heavy atom. The van der Waals surface area contributed by atoms with Crippen molar-refractivity contribution >= 4 is 22.9 Å². The minimum Gasteiger partial charge on any atom is -0.377 e. The SMILES string of the molecule is CN(C)c1cc[n+](C(=O)c2ccc(-c3cc(C(F)(F)F)n(C)n3)s2)cc1. The second-order valence-corrected chi connectivity index (χ2v) is 6.95. The quantitative estimate of drug-likeness (QED) is 0.655. The standard InChI is InChI=1S/C17H16F3N4OS/c1-22(2)11-6-8-24(9-7-11)16(25)14-5-4-13(26-14)12-10-15(17(18,19)20)23(3)21-12/h4-10H,1-3H3/q+1. The van der Waals surface area contributed by atoms with Crippen LogP contribution in [0.1, 0.15) is 15.4 Å². The maximum Gasteiger partial charge on any atom is 0.434 e. The Hall–Kier alpha value is -2.68. The van der Waals surface area contributed by atoms with Crippen molar-refractivity contribution < 1.29 is 22.5 Å². The summed E-state index contributed by atoms with van der Waals surface area (Å²) in [5, 5.41) is 3.91. The average molecular weight is 381 g/mol. The minimum absolute atomic E-state index is 0.192. The van der Waals surface area contributed by atoms with Crippen LogP contribution >= 0.6 is 11.3 Å². The van der Waals surface area contributed by atoms with E-state index in [2.05, 4.69) is 5.10 Å². The van der Waals surface area contributed by atoms with E-state index in [4.69, 9.17) is 0 Å². The summed E-state index contributed by atoms with van der Waals surface area (Å²) < 4.78 is 40.9. The van der Waals surface area contributed by atoms with E-state index in [-0.39, 0.29) is 11.6 Å². The second kappa shape index (κ2) is 6.56.